The first-order valence-electron chi connectivity index (χ1n) is 9.52. The van der Waals surface area contributed by atoms with Crippen LogP contribution in [0, 0.1) is 0 Å². The summed E-state index contributed by atoms with van der Waals surface area (Å²) < 4.78 is 10.6. The van der Waals surface area contributed by atoms with E-state index in [9.17, 15) is 0 Å². The summed E-state index contributed by atoms with van der Waals surface area (Å²) >= 11 is 0. The van der Waals surface area contributed by atoms with Gasteiger partial charge in [-0.3, -0.25) is 0 Å². The minimum absolute atomic E-state index is 0.836. The lowest BCUT2D eigenvalue weighted by Gasteiger charge is -2.26. The van der Waals surface area contributed by atoms with Crippen LogP contribution in [0.1, 0.15) is 0 Å². The van der Waals surface area contributed by atoms with Crippen LogP contribution in [0.2, 0.25) is 0 Å². The monoisotopic (exact) mass is 381 g/mol. The summed E-state index contributed by atoms with van der Waals surface area (Å²) in [6, 6.07) is 35.2. The molecule has 3 nitrogen and oxygen atoms in total. The fourth-order valence-electron chi connectivity index (χ4n) is 3.34. The standard InChI is InChI=1S/C26H23NO2/c1-28-25-16-12-23(13-17-25)27(24-14-18-26(29-2)19-15-24)22-10-8-21(9-11-22)20-6-4-3-5-7-20/h3-19H,1-2H3. The predicted molar refractivity (Wildman–Crippen MR) is 120 cm³/mol. The van der Waals surface area contributed by atoms with Gasteiger partial charge in [-0.2, -0.15) is 0 Å². The maximum absolute atomic E-state index is 5.32. The molecule has 0 aliphatic carbocycles. The van der Waals surface area contributed by atoms with Crippen LogP contribution in [0.3, 0.4) is 0 Å². The number of hydrogen-bond acceptors (Lipinski definition) is 3. The summed E-state index contributed by atoms with van der Waals surface area (Å²) in [5.74, 6) is 1.67. The van der Waals surface area contributed by atoms with Crippen LogP contribution >= 0.6 is 0 Å². The van der Waals surface area contributed by atoms with E-state index in [1.165, 1.54) is 11.1 Å². The number of rotatable bonds is 6. The first kappa shape index (κ1) is 18.6. The van der Waals surface area contributed by atoms with Gasteiger partial charge in [0.2, 0.25) is 0 Å². The van der Waals surface area contributed by atoms with Crippen LogP contribution in [0.15, 0.2) is 103 Å². The molecule has 4 rings (SSSR count). The van der Waals surface area contributed by atoms with Crippen LogP contribution in [-0.2, 0) is 0 Å². The summed E-state index contributed by atoms with van der Waals surface area (Å²) in [5, 5.41) is 0. The van der Waals surface area contributed by atoms with Crippen molar-refractivity contribution in [3.63, 3.8) is 0 Å². The highest BCUT2D eigenvalue weighted by molar-refractivity contribution is 5.78. The molecule has 144 valence electrons. The van der Waals surface area contributed by atoms with Gasteiger partial charge in [-0.25, -0.2) is 0 Å². The highest BCUT2D eigenvalue weighted by Crippen LogP contribution is 2.36. The van der Waals surface area contributed by atoms with E-state index in [2.05, 4.69) is 77.7 Å². The smallest absolute Gasteiger partial charge is 0.119 e. The van der Waals surface area contributed by atoms with Crippen molar-refractivity contribution in [1.29, 1.82) is 0 Å². The molecule has 0 heterocycles. The molecule has 0 amide bonds. The third-order valence-corrected chi connectivity index (χ3v) is 4.89. The van der Waals surface area contributed by atoms with Crippen LogP contribution in [0.5, 0.6) is 11.5 Å². The Labute approximate surface area is 171 Å². The lowest BCUT2D eigenvalue weighted by atomic mass is 10.0. The zero-order chi connectivity index (χ0) is 20.1. The topological polar surface area (TPSA) is 21.7 Å². The fourth-order valence-corrected chi connectivity index (χ4v) is 3.34. The van der Waals surface area contributed by atoms with Gasteiger partial charge < -0.3 is 14.4 Å². The summed E-state index contributed by atoms with van der Waals surface area (Å²) in [6.45, 7) is 0. The predicted octanol–water partition coefficient (Wildman–Crippen LogP) is 6.84. The molecule has 0 radical (unpaired) electrons. The third kappa shape index (κ3) is 4.09. The molecule has 0 saturated heterocycles. The largest absolute Gasteiger partial charge is 0.497 e. The molecule has 0 aliphatic rings. The van der Waals surface area contributed by atoms with Gasteiger partial charge >= 0.3 is 0 Å². The van der Waals surface area contributed by atoms with E-state index in [0.29, 0.717) is 0 Å². The second kappa shape index (κ2) is 8.53. The van der Waals surface area contributed by atoms with Crippen molar-refractivity contribution in [3.8, 4) is 22.6 Å². The summed E-state index contributed by atoms with van der Waals surface area (Å²) in [7, 11) is 3.36. The Balaban J connectivity index is 1.74. The molecular weight excluding hydrogens is 358 g/mol. The van der Waals surface area contributed by atoms with Crippen LogP contribution in [-0.4, -0.2) is 14.2 Å². The Morgan fingerprint density at radius 2 is 0.828 bits per heavy atom. The van der Waals surface area contributed by atoms with E-state index in [0.717, 1.165) is 28.6 Å². The average Bonchev–Trinajstić information content (AvgIpc) is 2.81. The lowest BCUT2D eigenvalue weighted by molar-refractivity contribution is 0.415. The van der Waals surface area contributed by atoms with Gasteiger partial charge in [-0.15, -0.1) is 0 Å². The van der Waals surface area contributed by atoms with Crippen LogP contribution in [0.4, 0.5) is 17.1 Å². The average molecular weight is 381 g/mol. The third-order valence-electron chi connectivity index (χ3n) is 4.89. The quantitative estimate of drug-likeness (QED) is 0.365. The van der Waals surface area contributed by atoms with Gasteiger partial charge in [0.1, 0.15) is 11.5 Å². The minimum Gasteiger partial charge on any atom is -0.497 e. The summed E-state index contributed by atoms with van der Waals surface area (Å²) in [4.78, 5) is 2.22. The molecule has 0 aliphatic heterocycles. The van der Waals surface area contributed by atoms with Crippen molar-refractivity contribution < 1.29 is 9.47 Å². The molecule has 0 unspecified atom stereocenters. The SMILES string of the molecule is COc1ccc(N(c2ccc(OC)cc2)c2ccc(-c3ccccc3)cc2)cc1. The van der Waals surface area contributed by atoms with Gasteiger partial charge in [-0.05, 0) is 71.8 Å². The molecule has 0 saturated carbocycles. The number of hydrogen-bond donors (Lipinski definition) is 0. The molecule has 0 atom stereocenters. The molecule has 0 bridgehead atoms. The molecule has 0 N–H and O–H groups in total. The molecule has 4 aromatic rings. The van der Waals surface area contributed by atoms with Crippen LogP contribution in [0.25, 0.3) is 11.1 Å². The number of ether oxygens (including phenoxy) is 2. The maximum Gasteiger partial charge on any atom is 0.119 e. The molecule has 3 heteroatoms. The fraction of sp³-hybridized carbons (Fsp3) is 0.0769. The van der Waals surface area contributed by atoms with E-state index in [-0.39, 0.29) is 0 Å². The molecule has 0 spiro atoms. The Kier molecular flexibility index (Phi) is 5.48. The first-order valence-corrected chi connectivity index (χ1v) is 9.52. The highest BCUT2D eigenvalue weighted by Gasteiger charge is 2.13. The van der Waals surface area contributed by atoms with Gasteiger partial charge in [0.25, 0.3) is 0 Å². The van der Waals surface area contributed by atoms with Crippen molar-refractivity contribution in [3.05, 3.63) is 103 Å². The molecule has 4 aromatic carbocycles. The number of benzene rings is 4. The molecule has 0 fully saturated rings. The van der Waals surface area contributed by atoms with E-state index in [4.69, 9.17) is 9.47 Å². The second-order valence-corrected chi connectivity index (χ2v) is 6.64. The first-order chi connectivity index (χ1) is 14.3. The van der Waals surface area contributed by atoms with Gasteiger partial charge in [-0.1, -0.05) is 42.5 Å². The Morgan fingerprint density at radius 3 is 1.24 bits per heavy atom. The molecular formula is C26H23NO2. The summed E-state index contributed by atoms with van der Waals surface area (Å²) in [6.07, 6.45) is 0. The molecule has 0 aromatic heterocycles. The Morgan fingerprint density at radius 1 is 0.448 bits per heavy atom. The zero-order valence-corrected chi connectivity index (χ0v) is 16.6. The van der Waals surface area contributed by atoms with Crippen molar-refractivity contribution >= 4 is 17.1 Å². The van der Waals surface area contributed by atoms with Gasteiger partial charge in [0, 0.05) is 17.1 Å². The van der Waals surface area contributed by atoms with Crippen molar-refractivity contribution in [2.75, 3.05) is 19.1 Å². The van der Waals surface area contributed by atoms with Crippen LogP contribution < -0.4 is 14.4 Å². The van der Waals surface area contributed by atoms with Crippen molar-refractivity contribution in [2.45, 2.75) is 0 Å². The number of methoxy groups -OCH3 is 2. The second-order valence-electron chi connectivity index (χ2n) is 6.64. The maximum atomic E-state index is 5.32. The zero-order valence-electron chi connectivity index (χ0n) is 16.6. The van der Waals surface area contributed by atoms with E-state index >= 15 is 0 Å². The summed E-state index contributed by atoms with van der Waals surface area (Å²) in [5.41, 5.74) is 5.60. The minimum atomic E-state index is 0.836. The van der Waals surface area contributed by atoms with Crippen molar-refractivity contribution in [1.82, 2.24) is 0 Å². The number of anilines is 3. The molecule has 29 heavy (non-hydrogen) atoms. The van der Waals surface area contributed by atoms with Gasteiger partial charge in [0.05, 0.1) is 14.2 Å². The van der Waals surface area contributed by atoms with E-state index < -0.39 is 0 Å². The van der Waals surface area contributed by atoms with Gasteiger partial charge in [0.15, 0.2) is 0 Å². The lowest BCUT2D eigenvalue weighted by Crippen LogP contribution is -2.09. The highest BCUT2D eigenvalue weighted by atomic mass is 16.5. The Hall–Kier alpha value is -3.72. The van der Waals surface area contributed by atoms with Crippen molar-refractivity contribution in [2.24, 2.45) is 0 Å². The number of nitrogens with zero attached hydrogens (tertiary/aromatic N) is 1. The van der Waals surface area contributed by atoms with E-state index in [1.807, 2.05) is 30.3 Å². The normalized spacial score (nSPS) is 10.4. The Bertz CT molecular complexity index is 993. The van der Waals surface area contributed by atoms with E-state index in [1.54, 1.807) is 14.2 Å².